The highest BCUT2D eigenvalue weighted by Crippen LogP contribution is 1.94. The van der Waals surface area contributed by atoms with Crippen LogP contribution in [0.15, 0.2) is 0 Å². The molecular weight excluding hydrogens is 160 g/mol. The van der Waals surface area contributed by atoms with E-state index in [4.69, 9.17) is 4.74 Å². The number of ether oxygens (including phenoxy) is 1. The predicted molar refractivity (Wildman–Crippen MR) is 43.4 cm³/mol. The minimum absolute atomic E-state index is 0.443. The number of methoxy groups -OCH3 is 1. The lowest BCUT2D eigenvalue weighted by Crippen LogP contribution is -2.22. The van der Waals surface area contributed by atoms with Gasteiger partial charge in [0.05, 0.1) is 6.61 Å². The Kier molecular flexibility index (Phi) is 6.70. The number of carbonyl (C=O) groups is 1. The normalized spacial score (nSPS) is 12.6. The van der Waals surface area contributed by atoms with Gasteiger partial charge < -0.3 is 4.74 Å². The molecule has 1 atom stereocenters. The van der Waals surface area contributed by atoms with Gasteiger partial charge in [-0.25, -0.2) is 4.79 Å². The van der Waals surface area contributed by atoms with Gasteiger partial charge in [0.25, 0.3) is 0 Å². The molecule has 72 valence electrons. The molecule has 0 aliphatic rings. The summed E-state index contributed by atoms with van der Waals surface area (Å²) in [5, 5.41) is 0. The maximum Gasteiger partial charge on any atom is 0.370 e. The third-order valence-corrected chi connectivity index (χ3v) is 1.41. The lowest BCUT2D eigenvalue weighted by Gasteiger charge is -2.07. The average Bonchev–Trinajstić information content (AvgIpc) is 2.10. The summed E-state index contributed by atoms with van der Waals surface area (Å²) in [6.45, 7) is 4.08. The molecule has 0 fully saturated rings. The third-order valence-electron chi connectivity index (χ3n) is 1.41. The summed E-state index contributed by atoms with van der Waals surface area (Å²) >= 11 is 0. The van der Waals surface area contributed by atoms with Gasteiger partial charge in [-0.05, 0) is 13.3 Å². The lowest BCUT2D eigenvalue weighted by atomic mass is 10.4. The Morgan fingerprint density at radius 2 is 2.17 bits per heavy atom. The van der Waals surface area contributed by atoms with Gasteiger partial charge in [0.2, 0.25) is 0 Å². The van der Waals surface area contributed by atoms with Crippen LogP contribution in [0.4, 0.5) is 0 Å². The molecule has 4 heteroatoms. The second kappa shape index (κ2) is 7.06. The zero-order chi connectivity index (χ0) is 9.40. The van der Waals surface area contributed by atoms with Crippen LogP contribution in [0.3, 0.4) is 0 Å². The molecule has 0 aromatic rings. The topological polar surface area (TPSA) is 44.8 Å². The SMILES string of the molecule is CCCCOOC(=O)C(C)OC. The van der Waals surface area contributed by atoms with Gasteiger partial charge in [0.1, 0.15) is 0 Å². The summed E-state index contributed by atoms with van der Waals surface area (Å²) in [6.07, 6.45) is 1.33. The van der Waals surface area contributed by atoms with E-state index in [0.29, 0.717) is 6.61 Å². The van der Waals surface area contributed by atoms with E-state index in [-0.39, 0.29) is 0 Å². The number of hydrogen-bond acceptors (Lipinski definition) is 4. The van der Waals surface area contributed by atoms with Crippen LogP contribution in [0.5, 0.6) is 0 Å². The van der Waals surface area contributed by atoms with E-state index in [1.54, 1.807) is 6.92 Å². The molecule has 0 N–H and O–H groups in total. The van der Waals surface area contributed by atoms with Gasteiger partial charge in [-0.3, -0.25) is 4.89 Å². The number of carbonyl (C=O) groups excluding carboxylic acids is 1. The largest absolute Gasteiger partial charge is 0.370 e. The molecule has 12 heavy (non-hydrogen) atoms. The van der Waals surface area contributed by atoms with Crippen molar-refractivity contribution in [2.75, 3.05) is 13.7 Å². The van der Waals surface area contributed by atoms with Gasteiger partial charge in [-0.15, -0.1) is 0 Å². The number of hydrogen-bond donors (Lipinski definition) is 0. The fourth-order valence-electron chi connectivity index (χ4n) is 0.467. The molecule has 0 aromatic heterocycles. The molecule has 0 heterocycles. The zero-order valence-electron chi connectivity index (χ0n) is 7.83. The second-order valence-corrected chi connectivity index (χ2v) is 2.46. The minimum atomic E-state index is -0.563. The molecule has 0 amide bonds. The van der Waals surface area contributed by atoms with Crippen molar-refractivity contribution in [2.45, 2.75) is 32.8 Å². The molecule has 0 rings (SSSR count). The Balaban J connectivity index is 3.31. The smallest absolute Gasteiger partial charge is 0.370 e. The minimum Gasteiger partial charge on any atom is -0.370 e. The van der Waals surface area contributed by atoms with Gasteiger partial charge in [0, 0.05) is 7.11 Å². The maximum atomic E-state index is 10.9. The van der Waals surface area contributed by atoms with E-state index in [9.17, 15) is 4.79 Å². The molecule has 4 nitrogen and oxygen atoms in total. The Labute approximate surface area is 72.7 Å². The monoisotopic (exact) mass is 176 g/mol. The fraction of sp³-hybridized carbons (Fsp3) is 0.875. The highest BCUT2D eigenvalue weighted by Gasteiger charge is 2.13. The predicted octanol–water partition coefficient (Wildman–Crippen LogP) is 1.30. The molecule has 1 unspecified atom stereocenters. The van der Waals surface area contributed by atoms with Crippen LogP contribution in [0.2, 0.25) is 0 Å². The van der Waals surface area contributed by atoms with Gasteiger partial charge in [-0.1, -0.05) is 13.3 Å². The van der Waals surface area contributed by atoms with Crippen molar-refractivity contribution in [3.05, 3.63) is 0 Å². The molecule has 0 spiro atoms. The van der Waals surface area contributed by atoms with Crippen molar-refractivity contribution in [2.24, 2.45) is 0 Å². The van der Waals surface area contributed by atoms with Crippen LogP contribution >= 0.6 is 0 Å². The van der Waals surface area contributed by atoms with Crippen molar-refractivity contribution in [1.29, 1.82) is 0 Å². The Bertz CT molecular complexity index is 124. The molecule has 0 aliphatic carbocycles. The highest BCUT2D eigenvalue weighted by molar-refractivity contribution is 5.73. The van der Waals surface area contributed by atoms with E-state index in [0.717, 1.165) is 12.8 Å². The van der Waals surface area contributed by atoms with Crippen molar-refractivity contribution >= 4 is 5.97 Å². The Morgan fingerprint density at radius 1 is 1.50 bits per heavy atom. The zero-order valence-corrected chi connectivity index (χ0v) is 7.83. The number of unbranched alkanes of at least 4 members (excludes halogenated alkanes) is 1. The molecule has 0 aliphatic heterocycles. The molecule has 0 saturated heterocycles. The highest BCUT2D eigenvalue weighted by atomic mass is 17.2. The molecule has 0 saturated carbocycles. The van der Waals surface area contributed by atoms with Gasteiger partial charge >= 0.3 is 5.97 Å². The standard InChI is InChI=1S/C8H16O4/c1-4-5-6-11-12-8(9)7(2)10-3/h7H,4-6H2,1-3H3. The van der Waals surface area contributed by atoms with E-state index < -0.39 is 12.1 Å². The lowest BCUT2D eigenvalue weighted by molar-refractivity contribution is -0.278. The van der Waals surface area contributed by atoms with Crippen LogP contribution < -0.4 is 0 Å². The molecule has 0 bridgehead atoms. The van der Waals surface area contributed by atoms with Crippen molar-refractivity contribution in [3.63, 3.8) is 0 Å². The fourth-order valence-corrected chi connectivity index (χ4v) is 0.467. The first-order valence-electron chi connectivity index (χ1n) is 4.08. The quantitative estimate of drug-likeness (QED) is 0.347. The summed E-state index contributed by atoms with van der Waals surface area (Å²) in [6, 6.07) is 0. The second-order valence-electron chi connectivity index (χ2n) is 2.46. The Hall–Kier alpha value is -0.610. The van der Waals surface area contributed by atoms with Crippen molar-refractivity contribution in [3.8, 4) is 0 Å². The first-order valence-corrected chi connectivity index (χ1v) is 4.08. The van der Waals surface area contributed by atoms with Crippen LogP contribution in [0.1, 0.15) is 26.7 Å². The summed E-state index contributed by atoms with van der Waals surface area (Å²) in [5.41, 5.74) is 0. The molecule has 0 aromatic carbocycles. The summed E-state index contributed by atoms with van der Waals surface area (Å²) < 4.78 is 4.71. The van der Waals surface area contributed by atoms with Crippen molar-refractivity contribution < 1.29 is 19.3 Å². The van der Waals surface area contributed by atoms with Crippen LogP contribution in [-0.2, 0) is 19.3 Å². The van der Waals surface area contributed by atoms with Crippen molar-refractivity contribution in [1.82, 2.24) is 0 Å². The van der Waals surface area contributed by atoms with E-state index >= 15 is 0 Å². The number of rotatable bonds is 6. The first kappa shape index (κ1) is 11.4. The summed E-state index contributed by atoms with van der Waals surface area (Å²) in [4.78, 5) is 19.9. The van der Waals surface area contributed by atoms with E-state index in [1.165, 1.54) is 7.11 Å². The van der Waals surface area contributed by atoms with Gasteiger partial charge in [0.15, 0.2) is 6.10 Å². The summed E-state index contributed by atoms with van der Waals surface area (Å²) in [5.74, 6) is -0.492. The first-order chi connectivity index (χ1) is 5.72. The van der Waals surface area contributed by atoms with E-state index in [1.807, 2.05) is 6.92 Å². The molecule has 0 radical (unpaired) electrons. The molecular formula is C8H16O4. The average molecular weight is 176 g/mol. The third kappa shape index (κ3) is 5.09. The van der Waals surface area contributed by atoms with Crippen LogP contribution in [-0.4, -0.2) is 25.8 Å². The van der Waals surface area contributed by atoms with Crippen LogP contribution in [0, 0.1) is 0 Å². The van der Waals surface area contributed by atoms with Crippen LogP contribution in [0.25, 0.3) is 0 Å². The summed E-state index contributed by atoms with van der Waals surface area (Å²) in [7, 11) is 1.44. The maximum absolute atomic E-state index is 10.9. The van der Waals surface area contributed by atoms with E-state index in [2.05, 4.69) is 9.78 Å². The van der Waals surface area contributed by atoms with Gasteiger partial charge in [-0.2, -0.15) is 4.89 Å². The Morgan fingerprint density at radius 3 is 2.67 bits per heavy atom.